The third-order valence-electron chi connectivity index (χ3n) is 9.43. The number of allylic oxidation sites excluding steroid dienone is 2. The van der Waals surface area contributed by atoms with Crippen LogP contribution >= 0.6 is 0 Å². The first kappa shape index (κ1) is 34.7. The minimum absolute atomic E-state index is 0.110. The van der Waals surface area contributed by atoms with Crippen LogP contribution in [0.1, 0.15) is 55.4 Å². The van der Waals surface area contributed by atoms with Crippen molar-refractivity contribution in [3.63, 3.8) is 0 Å². The summed E-state index contributed by atoms with van der Waals surface area (Å²) in [7, 11) is 2.42. The highest BCUT2D eigenvalue weighted by Gasteiger charge is 2.45. The van der Waals surface area contributed by atoms with Crippen molar-refractivity contribution in [3.05, 3.63) is 126 Å². The number of aromatic nitrogens is 2. The Bertz CT molecular complexity index is 2250. The number of hydrogen-bond acceptors (Lipinski definition) is 12. The van der Waals surface area contributed by atoms with Gasteiger partial charge in [-0.2, -0.15) is 0 Å². The largest absolute Gasteiger partial charge is 0.466 e. The van der Waals surface area contributed by atoms with Gasteiger partial charge in [0.15, 0.2) is 5.60 Å². The summed E-state index contributed by atoms with van der Waals surface area (Å²) in [5.74, 6) is -3.03. The molecule has 4 aromatic rings. The number of rotatable bonds is 5. The number of methoxy groups -OCH3 is 2. The molecular weight excluding hydrogens is 660 g/mol. The fourth-order valence-electron chi connectivity index (χ4n) is 6.89. The molecule has 0 fully saturated rings. The van der Waals surface area contributed by atoms with E-state index in [1.165, 1.54) is 32.4 Å². The quantitative estimate of drug-likeness (QED) is 0.115. The van der Waals surface area contributed by atoms with Gasteiger partial charge in [-0.3, -0.25) is 14.9 Å². The van der Waals surface area contributed by atoms with Crippen LogP contribution in [0.3, 0.4) is 0 Å². The Balaban J connectivity index is 0.000000176. The highest BCUT2D eigenvalue weighted by atomic mass is 16.6. The van der Waals surface area contributed by atoms with E-state index in [1.807, 2.05) is 30.3 Å². The van der Waals surface area contributed by atoms with Gasteiger partial charge in [0.05, 0.1) is 65.2 Å². The van der Waals surface area contributed by atoms with E-state index < -0.39 is 34.4 Å². The molecular formula is C37H34N4O10. The van der Waals surface area contributed by atoms with E-state index in [9.17, 15) is 34.4 Å². The average Bonchev–Trinajstić information content (AvgIpc) is 3.49. The molecule has 5 heterocycles. The lowest BCUT2D eigenvalue weighted by Crippen LogP contribution is -2.44. The molecule has 0 saturated carbocycles. The summed E-state index contributed by atoms with van der Waals surface area (Å²) in [5.41, 5.74) is 3.01. The molecule has 2 aromatic carbocycles. The van der Waals surface area contributed by atoms with Gasteiger partial charge in [-0.25, -0.2) is 19.4 Å². The molecule has 0 radical (unpaired) electrons. The van der Waals surface area contributed by atoms with Gasteiger partial charge in [-0.15, -0.1) is 0 Å². The summed E-state index contributed by atoms with van der Waals surface area (Å²) >= 11 is 0. The number of nitro groups is 1. The summed E-state index contributed by atoms with van der Waals surface area (Å²) in [4.78, 5) is 65.5. The van der Waals surface area contributed by atoms with Gasteiger partial charge in [0.1, 0.15) is 6.61 Å². The fourth-order valence-corrected chi connectivity index (χ4v) is 6.89. The molecule has 51 heavy (non-hydrogen) atoms. The van der Waals surface area contributed by atoms with E-state index in [1.54, 1.807) is 37.5 Å². The Labute approximate surface area is 291 Å². The topological polar surface area (TPSA) is 189 Å². The Morgan fingerprint density at radius 2 is 1.67 bits per heavy atom. The third-order valence-corrected chi connectivity index (χ3v) is 9.43. The van der Waals surface area contributed by atoms with Crippen LogP contribution in [0, 0.1) is 10.1 Å². The Kier molecular flexibility index (Phi) is 9.04. The monoisotopic (exact) mass is 694 g/mol. The lowest BCUT2D eigenvalue weighted by Gasteiger charge is -2.31. The molecule has 2 N–H and O–H groups in total. The minimum Gasteiger partial charge on any atom is -0.466 e. The lowest BCUT2D eigenvalue weighted by atomic mass is 9.79. The minimum atomic E-state index is -1.79. The van der Waals surface area contributed by atoms with Gasteiger partial charge in [-0.1, -0.05) is 43.3 Å². The number of ether oxygens (including phenoxy) is 3. The molecule has 0 amide bonds. The van der Waals surface area contributed by atoms with Crippen molar-refractivity contribution >= 4 is 34.5 Å². The predicted octanol–water partition coefficient (Wildman–Crippen LogP) is 4.26. The van der Waals surface area contributed by atoms with Crippen LogP contribution in [0.15, 0.2) is 88.0 Å². The molecule has 0 aliphatic carbocycles. The van der Waals surface area contributed by atoms with E-state index in [0.29, 0.717) is 34.8 Å². The molecule has 14 nitrogen and oxygen atoms in total. The average molecular weight is 695 g/mol. The van der Waals surface area contributed by atoms with Crippen molar-refractivity contribution in [1.29, 1.82) is 0 Å². The zero-order valence-corrected chi connectivity index (χ0v) is 28.4. The number of nitro benzene ring substituents is 1. The second-order valence-electron chi connectivity index (χ2n) is 12.2. The first-order chi connectivity index (χ1) is 24.4. The standard InChI is InChI=1S/C20H16N2O4.C17H18N2O6/c1-2-20(25)14-8-16-17-12(7-11-5-3-4-6-15(11)21-17)9-22(16)18(23)13(14)10-26-19(20)24;1-9-13(16(20)24-3)15(14(10(2)18-9)17(21)25-4)11-7-5-6-8-12(11)19(22)23/h3-8,25H,2,9-10H2,1H3;5-8,15,18H,1-4H3. The molecule has 14 heteroatoms. The Morgan fingerprint density at radius 1 is 1.04 bits per heavy atom. The number of nitrogens with one attached hydrogen (secondary N) is 1. The van der Waals surface area contributed by atoms with Gasteiger partial charge in [-0.05, 0) is 38.5 Å². The van der Waals surface area contributed by atoms with Gasteiger partial charge < -0.3 is 29.2 Å². The molecule has 7 rings (SSSR count). The molecule has 2 aromatic heterocycles. The van der Waals surface area contributed by atoms with Crippen LogP contribution < -0.4 is 10.9 Å². The highest BCUT2D eigenvalue weighted by Crippen LogP contribution is 2.43. The number of pyridine rings is 2. The lowest BCUT2D eigenvalue weighted by molar-refractivity contribution is -0.385. The van der Waals surface area contributed by atoms with Crippen molar-refractivity contribution < 1.29 is 38.6 Å². The van der Waals surface area contributed by atoms with Crippen LogP contribution in [-0.2, 0) is 47.3 Å². The number of aliphatic hydroxyl groups is 1. The third kappa shape index (κ3) is 5.72. The van der Waals surface area contributed by atoms with Crippen LogP contribution in [0.25, 0.3) is 22.3 Å². The normalized spacial score (nSPS) is 17.7. The van der Waals surface area contributed by atoms with Gasteiger partial charge in [0.2, 0.25) is 0 Å². The second kappa shape index (κ2) is 13.3. The van der Waals surface area contributed by atoms with E-state index >= 15 is 0 Å². The SMILES string of the molecule is CCC1(O)C(=O)OCc2c1cc1n(c2=O)Cc2cc3ccccc3nc2-1.COC(=O)C1=C(C)NC(C)=C(C(=O)OC)C1c1ccccc1[N+](=O)[O-]. The fraction of sp³-hybridized carbons (Fsp3) is 0.270. The molecule has 1 unspecified atom stereocenters. The highest BCUT2D eigenvalue weighted by molar-refractivity contribution is 6.00. The number of cyclic esters (lactones) is 1. The summed E-state index contributed by atoms with van der Waals surface area (Å²) in [6.45, 7) is 5.30. The van der Waals surface area contributed by atoms with Crippen LogP contribution in [0.4, 0.5) is 5.69 Å². The first-order valence-electron chi connectivity index (χ1n) is 16.0. The summed E-state index contributed by atoms with van der Waals surface area (Å²) in [5, 5.41) is 26.2. The number of para-hydroxylation sites is 2. The number of benzene rings is 2. The molecule has 0 spiro atoms. The van der Waals surface area contributed by atoms with Crippen molar-refractivity contribution in [2.45, 2.75) is 51.9 Å². The Morgan fingerprint density at radius 3 is 2.29 bits per heavy atom. The maximum absolute atomic E-state index is 13.0. The zero-order valence-electron chi connectivity index (χ0n) is 28.4. The number of carbonyl (C=O) groups is 3. The molecule has 0 bridgehead atoms. The Hall–Kier alpha value is -6.15. The maximum atomic E-state index is 13.0. The molecule has 262 valence electrons. The van der Waals surface area contributed by atoms with E-state index in [2.05, 4.69) is 5.32 Å². The summed E-state index contributed by atoms with van der Waals surface area (Å²) in [6, 6.07) is 17.5. The van der Waals surface area contributed by atoms with Crippen LogP contribution in [0.5, 0.6) is 0 Å². The van der Waals surface area contributed by atoms with Gasteiger partial charge >= 0.3 is 17.9 Å². The van der Waals surface area contributed by atoms with Crippen LogP contribution in [0.2, 0.25) is 0 Å². The van der Waals surface area contributed by atoms with Gasteiger partial charge in [0, 0.05) is 39.5 Å². The van der Waals surface area contributed by atoms with Crippen molar-refractivity contribution in [3.8, 4) is 11.4 Å². The van der Waals surface area contributed by atoms with Crippen molar-refractivity contribution in [2.75, 3.05) is 14.2 Å². The van der Waals surface area contributed by atoms with E-state index in [-0.39, 0.29) is 41.0 Å². The molecule has 1 atom stereocenters. The van der Waals surface area contributed by atoms with Crippen molar-refractivity contribution in [1.82, 2.24) is 14.9 Å². The number of fused-ring (bicyclic) bond motifs is 5. The predicted molar refractivity (Wildman–Crippen MR) is 183 cm³/mol. The van der Waals surface area contributed by atoms with Crippen molar-refractivity contribution in [2.24, 2.45) is 0 Å². The number of hydrogen-bond donors (Lipinski definition) is 2. The molecule has 3 aliphatic rings. The first-order valence-corrected chi connectivity index (χ1v) is 16.0. The van der Waals surface area contributed by atoms with E-state index in [4.69, 9.17) is 19.2 Å². The second-order valence-corrected chi connectivity index (χ2v) is 12.2. The number of dihydropyridines is 1. The van der Waals surface area contributed by atoms with E-state index in [0.717, 1.165) is 22.2 Å². The molecule has 0 saturated heterocycles. The van der Waals surface area contributed by atoms with Crippen LogP contribution in [-0.4, -0.2) is 51.7 Å². The summed E-state index contributed by atoms with van der Waals surface area (Å²) in [6.07, 6.45) is 0.139. The summed E-state index contributed by atoms with van der Waals surface area (Å²) < 4.78 is 16.4. The zero-order chi connectivity index (χ0) is 36.8. The molecule has 3 aliphatic heterocycles. The maximum Gasteiger partial charge on any atom is 0.343 e. The number of carbonyl (C=O) groups excluding carboxylic acids is 3. The number of nitrogens with zero attached hydrogens (tertiary/aromatic N) is 3. The number of esters is 3. The smallest absolute Gasteiger partial charge is 0.343 e. The van der Waals surface area contributed by atoms with Gasteiger partial charge in [0.25, 0.3) is 11.2 Å².